The van der Waals surface area contributed by atoms with Crippen LogP contribution in [0.1, 0.15) is 11.1 Å². The molecular formula is C20H15ClF6N4O2. The molecule has 6 nitrogen and oxygen atoms in total. The number of aromatic nitrogens is 3. The van der Waals surface area contributed by atoms with Gasteiger partial charge in [-0.25, -0.2) is 9.48 Å². The number of carbonyl (C=O) groups excluding carboxylic acids is 1. The summed E-state index contributed by atoms with van der Waals surface area (Å²) in [4.78, 5) is 24.8. The number of rotatable bonds is 6. The molecule has 2 aromatic carbocycles. The lowest BCUT2D eigenvalue weighted by Crippen LogP contribution is -2.35. The van der Waals surface area contributed by atoms with Gasteiger partial charge in [0.15, 0.2) is 5.82 Å². The molecule has 0 aliphatic heterocycles. The molecule has 13 heteroatoms. The Hall–Kier alpha value is -3.28. The van der Waals surface area contributed by atoms with Crippen molar-refractivity contribution in [2.75, 3.05) is 0 Å². The molecule has 3 rings (SSSR count). The summed E-state index contributed by atoms with van der Waals surface area (Å²) in [6.07, 6.45) is -9.38. The van der Waals surface area contributed by atoms with Crippen LogP contribution in [0.25, 0.3) is 11.4 Å². The lowest BCUT2D eigenvalue weighted by molar-refractivity contribution is -0.141. The molecule has 3 aromatic rings. The van der Waals surface area contributed by atoms with Crippen LogP contribution < -0.4 is 11.0 Å². The molecule has 1 aromatic heterocycles. The maximum Gasteiger partial charge on any atom is 0.416 e. The summed E-state index contributed by atoms with van der Waals surface area (Å²) in [5, 5.41) is 6.36. The monoisotopic (exact) mass is 492 g/mol. The highest BCUT2D eigenvalue weighted by Crippen LogP contribution is 2.31. The summed E-state index contributed by atoms with van der Waals surface area (Å²) in [5.41, 5.74) is -2.21. The summed E-state index contributed by atoms with van der Waals surface area (Å²) < 4.78 is 79.1. The number of hydrogen-bond donors (Lipinski definition) is 1. The van der Waals surface area contributed by atoms with E-state index in [-0.39, 0.29) is 17.0 Å². The molecule has 1 heterocycles. The minimum absolute atomic E-state index is 0.152. The Balaban J connectivity index is 1.84. The average Bonchev–Trinajstić information content (AvgIpc) is 3.00. The van der Waals surface area contributed by atoms with E-state index in [1.165, 1.54) is 42.5 Å². The molecule has 33 heavy (non-hydrogen) atoms. The Morgan fingerprint density at radius 1 is 1.00 bits per heavy atom. The first kappa shape index (κ1) is 24.4. The summed E-state index contributed by atoms with van der Waals surface area (Å²) in [7, 11) is 0. The lowest BCUT2D eigenvalue weighted by Gasteiger charge is -2.13. The normalized spacial score (nSPS) is 12.1. The second-order valence-corrected chi connectivity index (χ2v) is 7.34. The van der Waals surface area contributed by atoms with Gasteiger partial charge in [0.05, 0.1) is 5.56 Å². The van der Waals surface area contributed by atoms with E-state index in [0.717, 1.165) is 6.07 Å². The Kier molecular flexibility index (Phi) is 6.86. The van der Waals surface area contributed by atoms with Crippen LogP contribution in [-0.2, 0) is 30.6 Å². The molecule has 0 aliphatic carbocycles. The second kappa shape index (κ2) is 9.30. The predicted molar refractivity (Wildman–Crippen MR) is 106 cm³/mol. The Labute approximate surface area is 187 Å². The molecule has 0 spiro atoms. The molecule has 0 saturated carbocycles. The van der Waals surface area contributed by atoms with E-state index in [2.05, 4.69) is 10.4 Å². The van der Waals surface area contributed by atoms with Crippen LogP contribution in [0.15, 0.2) is 53.3 Å². The van der Waals surface area contributed by atoms with Gasteiger partial charge in [0.25, 0.3) is 0 Å². The molecule has 0 atom stereocenters. The fraction of sp³-hybridized carbons (Fsp3) is 0.250. The van der Waals surface area contributed by atoms with Gasteiger partial charge in [0.1, 0.15) is 13.1 Å². The number of carbonyl (C=O) groups is 1. The molecule has 0 unspecified atom stereocenters. The maximum absolute atomic E-state index is 13.1. The van der Waals surface area contributed by atoms with E-state index >= 15 is 0 Å². The Morgan fingerprint density at radius 3 is 2.24 bits per heavy atom. The van der Waals surface area contributed by atoms with Crippen LogP contribution in [0.2, 0.25) is 5.02 Å². The van der Waals surface area contributed by atoms with Gasteiger partial charge in [-0.1, -0.05) is 29.8 Å². The van der Waals surface area contributed by atoms with E-state index in [1.807, 2.05) is 0 Å². The van der Waals surface area contributed by atoms with Gasteiger partial charge in [-0.2, -0.15) is 26.3 Å². The number of alkyl halides is 6. The van der Waals surface area contributed by atoms with Gasteiger partial charge in [0, 0.05) is 17.1 Å². The average molecular weight is 493 g/mol. The topological polar surface area (TPSA) is 68.9 Å². The van der Waals surface area contributed by atoms with Gasteiger partial charge in [-0.3, -0.25) is 9.36 Å². The fourth-order valence-corrected chi connectivity index (χ4v) is 3.14. The zero-order chi connectivity index (χ0) is 24.4. The molecule has 0 saturated heterocycles. The predicted octanol–water partition coefficient (Wildman–Crippen LogP) is 4.26. The van der Waals surface area contributed by atoms with Crippen LogP contribution in [0.4, 0.5) is 26.3 Å². The van der Waals surface area contributed by atoms with E-state index in [4.69, 9.17) is 11.6 Å². The lowest BCUT2D eigenvalue weighted by atomic mass is 10.1. The summed E-state index contributed by atoms with van der Waals surface area (Å²) in [6, 6.07) is 10.1. The third kappa shape index (κ3) is 6.15. The zero-order valence-electron chi connectivity index (χ0n) is 16.5. The van der Waals surface area contributed by atoms with Crippen molar-refractivity contribution >= 4 is 17.5 Å². The molecule has 0 radical (unpaired) electrons. The van der Waals surface area contributed by atoms with Crippen molar-refractivity contribution in [1.29, 1.82) is 0 Å². The SMILES string of the molecule is O=C(Cn1nc(-c2ccc(Cl)cc2)n(CC(F)(F)F)c1=O)NCc1ccccc1C(F)(F)F. The standard InChI is InChI=1S/C20H15ClF6N4O2/c21-14-7-5-12(6-8-14)17-29-31(18(33)30(17)11-19(22,23)24)10-16(32)28-9-13-3-1-2-4-15(13)20(25,26)27/h1-8H,9-11H2,(H,28,32). The molecule has 0 fully saturated rings. The van der Waals surface area contributed by atoms with Crippen molar-refractivity contribution < 1.29 is 31.1 Å². The van der Waals surface area contributed by atoms with Crippen LogP contribution in [0.5, 0.6) is 0 Å². The minimum Gasteiger partial charge on any atom is -0.350 e. The van der Waals surface area contributed by atoms with Crippen molar-refractivity contribution in [2.45, 2.75) is 32.0 Å². The van der Waals surface area contributed by atoms with Crippen molar-refractivity contribution in [1.82, 2.24) is 19.7 Å². The van der Waals surface area contributed by atoms with E-state index in [1.54, 1.807) is 0 Å². The third-order valence-electron chi connectivity index (χ3n) is 4.45. The first-order valence-electron chi connectivity index (χ1n) is 9.27. The number of benzene rings is 2. The van der Waals surface area contributed by atoms with E-state index in [9.17, 15) is 35.9 Å². The van der Waals surface area contributed by atoms with Crippen LogP contribution >= 0.6 is 11.6 Å². The minimum atomic E-state index is -4.75. The van der Waals surface area contributed by atoms with Gasteiger partial charge < -0.3 is 5.32 Å². The molecule has 1 amide bonds. The van der Waals surface area contributed by atoms with Crippen molar-refractivity contribution in [3.05, 3.63) is 75.2 Å². The summed E-state index contributed by atoms with van der Waals surface area (Å²) in [5.74, 6) is -1.25. The Bertz CT molecular complexity index is 1200. The third-order valence-corrected chi connectivity index (χ3v) is 4.71. The van der Waals surface area contributed by atoms with E-state index in [0.29, 0.717) is 14.3 Å². The number of nitrogens with one attached hydrogen (secondary N) is 1. The Morgan fingerprint density at radius 2 is 1.64 bits per heavy atom. The zero-order valence-corrected chi connectivity index (χ0v) is 17.3. The highest BCUT2D eigenvalue weighted by Gasteiger charge is 2.33. The summed E-state index contributed by atoms with van der Waals surface area (Å²) >= 11 is 5.78. The highest BCUT2D eigenvalue weighted by molar-refractivity contribution is 6.30. The maximum atomic E-state index is 13.1. The number of hydrogen-bond acceptors (Lipinski definition) is 3. The number of nitrogens with zero attached hydrogens (tertiary/aromatic N) is 3. The van der Waals surface area contributed by atoms with Crippen LogP contribution in [0.3, 0.4) is 0 Å². The largest absolute Gasteiger partial charge is 0.416 e. The first-order valence-corrected chi connectivity index (χ1v) is 9.65. The van der Waals surface area contributed by atoms with Crippen molar-refractivity contribution in [3.63, 3.8) is 0 Å². The fourth-order valence-electron chi connectivity index (χ4n) is 3.02. The quantitative estimate of drug-likeness (QED) is 0.523. The van der Waals surface area contributed by atoms with Gasteiger partial charge >= 0.3 is 18.0 Å². The molecule has 176 valence electrons. The summed E-state index contributed by atoms with van der Waals surface area (Å²) in [6.45, 7) is -2.95. The van der Waals surface area contributed by atoms with Crippen molar-refractivity contribution in [3.8, 4) is 11.4 Å². The smallest absolute Gasteiger partial charge is 0.350 e. The van der Waals surface area contributed by atoms with Crippen LogP contribution in [0, 0.1) is 0 Å². The number of amides is 1. The van der Waals surface area contributed by atoms with Gasteiger partial charge in [-0.05, 0) is 35.9 Å². The first-order chi connectivity index (χ1) is 15.3. The second-order valence-electron chi connectivity index (χ2n) is 6.90. The van der Waals surface area contributed by atoms with Crippen LogP contribution in [-0.4, -0.2) is 26.4 Å². The van der Waals surface area contributed by atoms with Gasteiger partial charge in [0.2, 0.25) is 5.91 Å². The van der Waals surface area contributed by atoms with Gasteiger partial charge in [-0.15, -0.1) is 5.10 Å². The van der Waals surface area contributed by atoms with Crippen molar-refractivity contribution in [2.24, 2.45) is 0 Å². The van der Waals surface area contributed by atoms with E-state index < -0.39 is 49.1 Å². The molecule has 0 aliphatic rings. The highest BCUT2D eigenvalue weighted by atomic mass is 35.5. The molecular weight excluding hydrogens is 478 g/mol. The molecule has 1 N–H and O–H groups in total. The number of halogens is 7. The molecule has 0 bridgehead atoms.